The molecule has 0 spiro atoms. The summed E-state index contributed by atoms with van der Waals surface area (Å²) < 4.78 is 0.701. The Kier molecular flexibility index (Phi) is 5.32. The smallest absolute Gasteiger partial charge is 0.364 e. The average molecular weight is 403 g/mol. The van der Waals surface area contributed by atoms with Gasteiger partial charge in [0.05, 0.1) is 5.56 Å². The van der Waals surface area contributed by atoms with E-state index in [0.717, 1.165) is 15.9 Å². The molecule has 0 aliphatic rings. The van der Waals surface area contributed by atoms with Gasteiger partial charge in [0.15, 0.2) is 0 Å². The summed E-state index contributed by atoms with van der Waals surface area (Å²) in [5.41, 5.74) is 0.374. The summed E-state index contributed by atoms with van der Waals surface area (Å²) in [6, 6.07) is 29.8. The van der Waals surface area contributed by atoms with Crippen LogP contribution < -0.4 is 20.8 Å². The summed E-state index contributed by atoms with van der Waals surface area (Å²) in [7, 11) is -1.01. The molecule has 0 amide bonds. The first-order valence-electron chi connectivity index (χ1n) is 8.97. The highest BCUT2D eigenvalue weighted by Crippen LogP contribution is 2.34. The zero-order chi connectivity index (χ0) is 20.2. The fraction of sp³-hybridized carbons (Fsp3) is 0. The van der Waals surface area contributed by atoms with Gasteiger partial charge in [0.25, 0.3) is 0 Å². The lowest BCUT2D eigenvalue weighted by Crippen LogP contribution is -2.29. The molecule has 6 heteroatoms. The van der Waals surface area contributed by atoms with Crippen molar-refractivity contribution in [3.05, 3.63) is 103 Å². The molecule has 0 bridgehead atoms. The minimum atomic E-state index is -1.01. The summed E-state index contributed by atoms with van der Waals surface area (Å²) in [6.07, 6.45) is 0. The first kappa shape index (κ1) is 18.8. The Bertz CT molecular complexity index is 1070. The Morgan fingerprint density at radius 1 is 0.690 bits per heavy atom. The third-order valence-electron chi connectivity index (χ3n) is 4.37. The van der Waals surface area contributed by atoms with Gasteiger partial charge in [-0.3, -0.25) is 0 Å². The minimum Gasteiger partial charge on any atom is -0.492 e. The van der Waals surface area contributed by atoms with Crippen LogP contribution in [0.15, 0.2) is 97.1 Å². The third kappa shape index (κ3) is 3.86. The zero-order valence-electron chi connectivity index (χ0n) is 15.3. The van der Waals surface area contributed by atoms with E-state index in [4.69, 9.17) is 4.84 Å². The number of carbonyl (C=O) groups excluding carboxylic acids is 1. The van der Waals surface area contributed by atoms with Crippen LogP contribution in [0.3, 0.4) is 0 Å². The van der Waals surface area contributed by atoms with Gasteiger partial charge in [-0.2, -0.15) is 0 Å². The zero-order valence-corrected chi connectivity index (χ0v) is 16.2. The summed E-state index contributed by atoms with van der Waals surface area (Å²) in [6.45, 7) is 0. The lowest BCUT2D eigenvalue weighted by atomic mass is 10.2. The lowest BCUT2D eigenvalue weighted by molar-refractivity contribution is 0.0383. The number of nitrogens with zero attached hydrogens (tertiary/aromatic N) is 1. The Morgan fingerprint density at radius 2 is 1.17 bits per heavy atom. The van der Waals surface area contributed by atoms with Crippen molar-refractivity contribution in [3.8, 4) is 11.8 Å². The first-order valence-corrected chi connectivity index (χ1v) is 10.3. The van der Waals surface area contributed by atoms with Gasteiger partial charge in [-0.05, 0) is 29.9 Å². The number of rotatable bonds is 5. The molecule has 4 aromatic rings. The Balaban J connectivity index is 1.80. The predicted octanol–water partition coefficient (Wildman–Crippen LogP) is 2.93. The van der Waals surface area contributed by atoms with Crippen molar-refractivity contribution in [3.63, 3.8) is 0 Å². The SMILES string of the molecule is O=C(On1c(O)ccc1O)c1ccccc1P(c1ccccc1)c1ccccc1. The molecule has 144 valence electrons. The highest BCUT2D eigenvalue weighted by molar-refractivity contribution is 7.80. The van der Waals surface area contributed by atoms with Crippen LogP contribution in [-0.4, -0.2) is 20.9 Å². The van der Waals surface area contributed by atoms with Crippen LogP contribution >= 0.6 is 7.92 Å². The van der Waals surface area contributed by atoms with Crippen LogP contribution in [-0.2, 0) is 0 Å². The molecule has 0 saturated heterocycles. The van der Waals surface area contributed by atoms with E-state index in [-0.39, 0.29) is 11.8 Å². The van der Waals surface area contributed by atoms with E-state index in [9.17, 15) is 15.0 Å². The molecule has 2 N–H and O–H groups in total. The fourth-order valence-corrected chi connectivity index (χ4v) is 5.49. The van der Waals surface area contributed by atoms with Gasteiger partial charge in [-0.25, -0.2) is 4.79 Å². The molecule has 0 aliphatic heterocycles. The largest absolute Gasteiger partial charge is 0.492 e. The normalized spacial score (nSPS) is 10.8. The molecule has 1 heterocycles. The topological polar surface area (TPSA) is 71.7 Å². The van der Waals surface area contributed by atoms with E-state index in [1.807, 2.05) is 72.8 Å². The molecule has 0 atom stereocenters. The van der Waals surface area contributed by atoms with Crippen molar-refractivity contribution in [2.75, 3.05) is 0 Å². The highest BCUT2D eigenvalue weighted by Gasteiger charge is 2.24. The number of carbonyl (C=O) groups is 1. The number of hydrogen-bond donors (Lipinski definition) is 2. The van der Waals surface area contributed by atoms with E-state index in [0.29, 0.717) is 10.3 Å². The Labute approximate surface area is 169 Å². The second-order valence-electron chi connectivity index (χ2n) is 6.25. The van der Waals surface area contributed by atoms with Gasteiger partial charge in [0, 0.05) is 12.1 Å². The van der Waals surface area contributed by atoms with E-state index in [2.05, 4.69) is 0 Å². The molecular weight excluding hydrogens is 385 g/mol. The molecule has 0 fully saturated rings. The molecule has 3 aromatic carbocycles. The molecule has 1 aromatic heterocycles. The molecule has 0 aliphatic carbocycles. The van der Waals surface area contributed by atoms with Crippen LogP contribution in [0.25, 0.3) is 0 Å². The Morgan fingerprint density at radius 3 is 1.72 bits per heavy atom. The summed E-state index contributed by atoms with van der Waals surface area (Å²) in [5, 5.41) is 22.6. The van der Waals surface area contributed by atoms with Gasteiger partial charge in [-0.1, -0.05) is 78.9 Å². The first-order chi connectivity index (χ1) is 14.1. The van der Waals surface area contributed by atoms with Gasteiger partial charge in [0.1, 0.15) is 0 Å². The molecule has 0 unspecified atom stereocenters. The van der Waals surface area contributed by atoms with Gasteiger partial charge >= 0.3 is 5.97 Å². The van der Waals surface area contributed by atoms with Crippen LogP contribution in [0, 0.1) is 0 Å². The second kappa shape index (κ2) is 8.21. The highest BCUT2D eigenvalue weighted by atomic mass is 31.1. The third-order valence-corrected chi connectivity index (χ3v) is 6.87. The van der Waals surface area contributed by atoms with E-state index in [1.54, 1.807) is 12.1 Å². The van der Waals surface area contributed by atoms with Crippen molar-refractivity contribution in [1.29, 1.82) is 0 Å². The quantitative estimate of drug-likeness (QED) is 0.503. The van der Waals surface area contributed by atoms with E-state index in [1.165, 1.54) is 12.1 Å². The second-order valence-corrected chi connectivity index (χ2v) is 8.43. The van der Waals surface area contributed by atoms with Crippen LogP contribution in [0.4, 0.5) is 0 Å². The van der Waals surface area contributed by atoms with Gasteiger partial charge in [-0.15, -0.1) is 4.73 Å². The summed E-state index contributed by atoms with van der Waals surface area (Å²) in [4.78, 5) is 18.2. The summed E-state index contributed by atoms with van der Waals surface area (Å²) in [5.74, 6) is -1.38. The average Bonchev–Trinajstić information content (AvgIpc) is 3.08. The number of aromatic nitrogens is 1. The maximum Gasteiger partial charge on any atom is 0.364 e. The van der Waals surface area contributed by atoms with Crippen LogP contribution in [0.2, 0.25) is 0 Å². The molecule has 4 rings (SSSR count). The molecule has 0 saturated carbocycles. The van der Waals surface area contributed by atoms with E-state index < -0.39 is 13.9 Å². The van der Waals surface area contributed by atoms with Crippen molar-refractivity contribution in [2.24, 2.45) is 0 Å². The standard InChI is InChI=1S/C23H18NO4P/c25-21-15-16-22(26)24(21)28-23(27)19-13-7-8-14-20(19)29(17-9-3-1-4-10-17)18-11-5-2-6-12-18/h1-16,25-26H. The Hall–Kier alpha value is -3.56. The van der Waals surface area contributed by atoms with Crippen molar-refractivity contribution >= 4 is 29.8 Å². The van der Waals surface area contributed by atoms with Crippen LogP contribution in [0.1, 0.15) is 10.4 Å². The van der Waals surface area contributed by atoms with Gasteiger partial charge in [0.2, 0.25) is 11.8 Å². The number of benzene rings is 3. The fourth-order valence-electron chi connectivity index (χ4n) is 3.05. The molecular formula is C23H18NO4P. The van der Waals surface area contributed by atoms with Crippen molar-refractivity contribution in [2.45, 2.75) is 0 Å². The maximum absolute atomic E-state index is 12.9. The number of hydrogen-bond acceptors (Lipinski definition) is 4. The lowest BCUT2D eigenvalue weighted by Gasteiger charge is -2.21. The predicted molar refractivity (Wildman–Crippen MR) is 114 cm³/mol. The maximum atomic E-state index is 12.9. The molecule has 5 nitrogen and oxygen atoms in total. The van der Waals surface area contributed by atoms with Gasteiger partial charge < -0.3 is 15.1 Å². The summed E-state index contributed by atoms with van der Waals surface area (Å²) >= 11 is 0. The monoisotopic (exact) mass is 403 g/mol. The molecule has 29 heavy (non-hydrogen) atoms. The van der Waals surface area contributed by atoms with Crippen LogP contribution in [0.5, 0.6) is 11.8 Å². The van der Waals surface area contributed by atoms with Crippen molar-refractivity contribution in [1.82, 2.24) is 4.73 Å². The van der Waals surface area contributed by atoms with Crippen molar-refractivity contribution < 1.29 is 19.8 Å². The van der Waals surface area contributed by atoms with E-state index >= 15 is 0 Å². The minimum absolute atomic E-state index is 0.360. The number of aromatic hydroxyl groups is 2. The molecule has 0 radical (unpaired) electrons.